The number of ketones is 1. The van der Waals surface area contributed by atoms with E-state index in [1.54, 1.807) is 0 Å². The number of benzene rings is 3. The summed E-state index contributed by atoms with van der Waals surface area (Å²) in [6.07, 6.45) is 1.48. The second-order valence-corrected chi connectivity index (χ2v) is 6.57. The van der Waals surface area contributed by atoms with Crippen LogP contribution in [0.2, 0.25) is 0 Å². The number of nitrogens with one attached hydrogen (secondary N) is 1. The van der Waals surface area contributed by atoms with Gasteiger partial charge in [0.05, 0.1) is 0 Å². The smallest absolute Gasteiger partial charge is 0.298 e. The number of hydrogen-bond donors (Lipinski definition) is 1. The first-order valence-corrected chi connectivity index (χ1v) is 9.23. The fraction of sp³-hybridized carbons (Fsp3) is 0.0417. The van der Waals surface area contributed by atoms with Crippen LogP contribution in [0.1, 0.15) is 21.8 Å². The van der Waals surface area contributed by atoms with Crippen LogP contribution in [0.25, 0.3) is 17.1 Å². The summed E-state index contributed by atoms with van der Waals surface area (Å²) in [5.41, 5.74) is 4.37. The van der Waals surface area contributed by atoms with E-state index in [0.717, 1.165) is 22.4 Å². The van der Waals surface area contributed by atoms with E-state index >= 15 is 0 Å². The number of hydrogen-bond acceptors (Lipinski definition) is 5. The van der Waals surface area contributed by atoms with Crippen LogP contribution in [0.4, 0.5) is 5.69 Å². The lowest BCUT2D eigenvalue weighted by Crippen LogP contribution is -2.04. The third kappa shape index (κ3) is 4.47. The number of aromatic nitrogens is 2. The van der Waals surface area contributed by atoms with Crippen LogP contribution >= 0.6 is 0 Å². The van der Waals surface area contributed by atoms with Crippen molar-refractivity contribution >= 4 is 17.2 Å². The molecule has 142 valence electrons. The minimum Gasteiger partial charge on any atom is -0.355 e. The van der Waals surface area contributed by atoms with Gasteiger partial charge in [-0.05, 0) is 24.6 Å². The molecule has 1 N–H and O–H groups in total. The van der Waals surface area contributed by atoms with Gasteiger partial charge < -0.3 is 9.84 Å². The van der Waals surface area contributed by atoms with Crippen molar-refractivity contribution < 1.29 is 9.32 Å². The van der Waals surface area contributed by atoms with Crippen molar-refractivity contribution in [1.29, 1.82) is 0 Å². The number of carbonyl (C=O) groups is 1. The number of anilines is 1. The molecule has 0 aliphatic rings. The highest BCUT2D eigenvalue weighted by molar-refractivity contribution is 6.07. The van der Waals surface area contributed by atoms with Crippen molar-refractivity contribution in [2.75, 3.05) is 5.32 Å². The van der Waals surface area contributed by atoms with Crippen molar-refractivity contribution in [2.24, 2.45) is 0 Å². The second-order valence-electron chi connectivity index (χ2n) is 6.57. The Morgan fingerprint density at radius 3 is 2.24 bits per heavy atom. The Hall–Kier alpha value is -3.99. The zero-order valence-corrected chi connectivity index (χ0v) is 15.9. The molecule has 3 aromatic carbocycles. The van der Waals surface area contributed by atoms with Gasteiger partial charge >= 0.3 is 0 Å². The number of aryl methyl sites for hydroxylation is 1. The van der Waals surface area contributed by atoms with E-state index in [0.29, 0.717) is 11.5 Å². The maximum absolute atomic E-state index is 12.8. The Labute approximate surface area is 168 Å². The van der Waals surface area contributed by atoms with Crippen molar-refractivity contribution in [1.82, 2.24) is 10.1 Å². The van der Waals surface area contributed by atoms with Gasteiger partial charge in [-0.1, -0.05) is 83.5 Å². The first-order chi connectivity index (χ1) is 14.2. The van der Waals surface area contributed by atoms with E-state index in [2.05, 4.69) is 15.5 Å². The van der Waals surface area contributed by atoms with Gasteiger partial charge in [0.15, 0.2) is 0 Å². The lowest BCUT2D eigenvalue weighted by Gasteiger charge is -2.11. The van der Waals surface area contributed by atoms with Crippen LogP contribution in [-0.4, -0.2) is 15.9 Å². The normalized spacial score (nSPS) is 11.3. The van der Waals surface area contributed by atoms with Gasteiger partial charge in [0.25, 0.3) is 5.89 Å². The second kappa shape index (κ2) is 8.35. The number of rotatable bonds is 6. The van der Waals surface area contributed by atoms with Crippen molar-refractivity contribution in [3.8, 4) is 11.4 Å². The zero-order valence-electron chi connectivity index (χ0n) is 15.9. The highest BCUT2D eigenvalue weighted by Gasteiger charge is 2.16. The van der Waals surface area contributed by atoms with Crippen LogP contribution in [-0.2, 0) is 0 Å². The Kier molecular flexibility index (Phi) is 5.29. The van der Waals surface area contributed by atoms with Gasteiger partial charge in [0, 0.05) is 23.0 Å². The molecule has 0 aliphatic carbocycles. The quantitative estimate of drug-likeness (QED) is 0.359. The Morgan fingerprint density at radius 1 is 0.897 bits per heavy atom. The van der Waals surface area contributed by atoms with Crippen LogP contribution in [0.5, 0.6) is 0 Å². The van der Waals surface area contributed by atoms with Gasteiger partial charge in [0.1, 0.15) is 0 Å². The molecule has 0 spiro atoms. The molecular weight excluding hydrogens is 362 g/mol. The summed E-state index contributed by atoms with van der Waals surface area (Å²) in [7, 11) is 0. The molecule has 0 unspecified atom stereocenters. The summed E-state index contributed by atoms with van der Waals surface area (Å²) >= 11 is 0. The van der Waals surface area contributed by atoms with Gasteiger partial charge in [0.2, 0.25) is 11.6 Å². The molecule has 1 heterocycles. The summed E-state index contributed by atoms with van der Waals surface area (Å²) in [5, 5.41) is 7.24. The molecule has 0 saturated heterocycles. The van der Waals surface area contributed by atoms with E-state index in [9.17, 15) is 4.79 Å². The zero-order chi connectivity index (χ0) is 20.1. The molecule has 5 heteroatoms. The first kappa shape index (κ1) is 18.4. The third-order valence-electron chi connectivity index (χ3n) is 4.36. The van der Waals surface area contributed by atoms with E-state index in [4.69, 9.17) is 4.52 Å². The number of nitrogens with zero attached hydrogens (tertiary/aromatic N) is 2. The molecule has 1 aromatic heterocycles. The molecule has 4 rings (SSSR count). The summed E-state index contributed by atoms with van der Waals surface area (Å²) < 4.78 is 5.20. The Morgan fingerprint density at radius 2 is 1.55 bits per heavy atom. The van der Waals surface area contributed by atoms with Crippen LogP contribution in [0.15, 0.2) is 95.5 Å². The van der Waals surface area contributed by atoms with Crippen LogP contribution < -0.4 is 5.32 Å². The molecule has 0 amide bonds. The predicted octanol–water partition coefficient (Wildman–Crippen LogP) is 5.38. The van der Waals surface area contributed by atoms with Crippen molar-refractivity contribution in [3.05, 3.63) is 108 Å². The summed E-state index contributed by atoms with van der Waals surface area (Å²) in [6.45, 7) is 2.03. The lowest BCUT2D eigenvalue weighted by molar-refractivity contribution is 0.100. The fourth-order valence-electron chi connectivity index (χ4n) is 2.82. The fourth-order valence-corrected chi connectivity index (χ4v) is 2.82. The predicted molar refractivity (Wildman–Crippen MR) is 113 cm³/mol. The molecular formula is C24H19N3O2. The molecule has 5 nitrogen and oxygen atoms in total. The molecule has 0 bridgehead atoms. The first-order valence-electron chi connectivity index (χ1n) is 9.23. The highest BCUT2D eigenvalue weighted by Crippen LogP contribution is 2.21. The number of carbonyl (C=O) groups excluding carboxylic acids is 1. The SMILES string of the molecule is Cc1ccc(NC(=CC(=O)c2nc(-c3ccccc3)no2)c2ccccc2)cc1. The molecule has 29 heavy (non-hydrogen) atoms. The summed E-state index contributed by atoms with van der Waals surface area (Å²) in [4.78, 5) is 17.1. The standard InChI is InChI=1S/C24H19N3O2/c1-17-12-14-20(15-13-17)25-21(18-8-4-2-5-9-18)16-22(28)24-26-23(27-29-24)19-10-6-3-7-11-19/h2-16,25H,1H3. The summed E-state index contributed by atoms with van der Waals surface area (Å²) in [6, 6.07) is 27.0. The van der Waals surface area contributed by atoms with Crippen molar-refractivity contribution in [3.63, 3.8) is 0 Å². The van der Waals surface area contributed by atoms with Crippen LogP contribution in [0, 0.1) is 6.92 Å². The summed E-state index contributed by atoms with van der Waals surface area (Å²) in [5.74, 6) is -0.0313. The molecule has 0 aliphatic heterocycles. The van der Waals surface area contributed by atoms with Gasteiger partial charge in [-0.3, -0.25) is 4.79 Å². The van der Waals surface area contributed by atoms with Gasteiger partial charge in [-0.2, -0.15) is 4.98 Å². The van der Waals surface area contributed by atoms with Crippen LogP contribution in [0.3, 0.4) is 0 Å². The van der Waals surface area contributed by atoms with E-state index in [-0.39, 0.29) is 11.7 Å². The largest absolute Gasteiger partial charge is 0.355 e. The van der Waals surface area contributed by atoms with Gasteiger partial charge in [-0.15, -0.1) is 0 Å². The lowest BCUT2D eigenvalue weighted by atomic mass is 10.1. The Balaban J connectivity index is 1.64. The van der Waals surface area contributed by atoms with E-state index in [1.807, 2.05) is 91.9 Å². The maximum Gasteiger partial charge on any atom is 0.298 e. The monoisotopic (exact) mass is 381 g/mol. The molecule has 4 aromatic rings. The average molecular weight is 381 g/mol. The topological polar surface area (TPSA) is 68.0 Å². The maximum atomic E-state index is 12.8. The van der Waals surface area contributed by atoms with E-state index < -0.39 is 0 Å². The molecule has 0 atom stereocenters. The van der Waals surface area contributed by atoms with Crippen molar-refractivity contribution in [2.45, 2.75) is 6.92 Å². The van der Waals surface area contributed by atoms with E-state index in [1.165, 1.54) is 6.08 Å². The molecule has 0 fully saturated rings. The highest BCUT2D eigenvalue weighted by atomic mass is 16.5. The Bertz CT molecular complexity index is 1130. The molecule has 0 radical (unpaired) electrons. The average Bonchev–Trinajstić information content (AvgIpc) is 3.26. The third-order valence-corrected chi connectivity index (χ3v) is 4.36. The minimum atomic E-state index is -0.363. The molecule has 0 saturated carbocycles. The minimum absolute atomic E-state index is 0.0528. The number of allylic oxidation sites excluding steroid dienone is 1. The van der Waals surface area contributed by atoms with Gasteiger partial charge in [-0.25, -0.2) is 0 Å².